The topological polar surface area (TPSA) is 61.4 Å². The number of hydrogen-bond acceptors (Lipinski definition) is 4. The molecule has 2 aliphatic rings. The summed E-state index contributed by atoms with van der Waals surface area (Å²) in [6.45, 7) is 3.87. The van der Waals surface area contributed by atoms with Gasteiger partial charge in [-0.2, -0.15) is 0 Å². The molecule has 1 fully saturated rings. The van der Waals surface area contributed by atoms with Gasteiger partial charge in [0.1, 0.15) is 0 Å². The first-order chi connectivity index (χ1) is 14.2. The normalized spacial score (nSPS) is 19.3. The van der Waals surface area contributed by atoms with Crippen LogP contribution in [-0.4, -0.2) is 35.1 Å². The Balaban J connectivity index is 1.25. The van der Waals surface area contributed by atoms with Gasteiger partial charge in [0.15, 0.2) is 0 Å². The number of anilines is 1. The summed E-state index contributed by atoms with van der Waals surface area (Å²) in [5.41, 5.74) is 3.21. The van der Waals surface area contributed by atoms with Crippen LogP contribution < -0.4 is 10.6 Å². The lowest BCUT2D eigenvalue weighted by molar-refractivity contribution is -0.124. The van der Waals surface area contributed by atoms with Gasteiger partial charge in [0.25, 0.3) is 0 Å². The van der Waals surface area contributed by atoms with Crippen LogP contribution in [0, 0.1) is 0 Å². The molecule has 6 heteroatoms. The fourth-order valence-electron chi connectivity index (χ4n) is 3.81. The molecule has 0 unspecified atom stereocenters. The molecule has 0 aromatic heterocycles. The molecule has 0 radical (unpaired) electrons. The average molecular weight is 410 g/mol. The number of piperidine rings is 1. The summed E-state index contributed by atoms with van der Waals surface area (Å²) in [4.78, 5) is 28.1. The summed E-state index contributed by atoms with van der Waals surface area (Å²) in [6, 6.07) is 16.1. The van der Waals surface area contributed by atoms with Crippen LogP contribution in [0.5, 0.6) is 0 Å². The minimum Gasteiger partial charge on any atom is -0.352 e. The van der Waals surface area contributed by atoms with Gasteiger partial charge in [-0.15, -0.1) is 11.8 Å². The third-order valence-electron chi connectivity index (χ3n) is 5.44. The Hall–Kier alpha value is -2.31. The molecule has 2 aromatic rings. The minimum atomic E-state index is -0.392. The Labute approximate surface area is 176 Å². The van der Waals surface area contributed by atoms with Crippen LogP contribution in [0.2, 0.25) is 0 Å². The van der Waals surface area contributed by atoms with Crippen molar-refractivity contribution in [2.75, 3.05) is 18.4 Å². The van der Waals surface area contributed by atoms with E-state index in [9.17, 15) is 9.59 Å². The van der Waals surface area contributed by atoms with Gasteiger partial charge in [0, 0.05) is 24.4 Å². The van der Waals surface area contributed by atoms with Gasteiger partial charge in [-0.05, 0) is 49.2 Å². The molecule has 2 aromatic carbocycles. The lowest BCUT2D eigenvalue weighted by Crippen LogP contribution is -2.34. The molecule has 2 N–H and O–H groups in total. The first-order valence-corrected chi connectivity index (χ1v) is 11.2. The van der Waals surface area contributed by atoms with Crippen molar-refractivity contribution in [2.24, 2.45) is 0 Å². The fraction of sp³-hybridized carbons (Fsp3) is 0.391. The summed E-state index contributed by atoms with van der Waals surface area (Å²) < 4.78 is 0. The number of carbonyl (C=O) groups is 2. The van der Waals surface area contributed by atoms with E-state index in [0.717, 1.165) is 22.7 Å². The first-order valence-electron chi connectivity index (χ1n) is 10.3. The molecule has 5 nitrogen and oxygen atoms in total. The van der Waals surface area contributed by atoms with Crippen LogP contribution in [0.1, 0.15) is 36.8 Å². The molecule has 1 saturated heterocycles. The maximum Gasteiger partial charge on any atom is 0.238 e. The molecule has 0 aliphatic carbocycles. The largest absolute Gasteiger partial charge is 0.352 e. The molecule has 152 valence electrons. The zero-order chi connectivity index (χ0) is 20.1. The lowest BCUT2D eigenvalue weighted by atomic mass is 10.1. The zero-order valence-electron chi connectivity index (χ0n) is 16.5. The number of thioether (sulfide) groups is 1. The molecule has 0 spiro atoms. The Kier molecular flexibility index (Phi) is 6.52. The number of fused-ring (bicyclic) bond motifs is 1. The van der Waals surface area contributed by atoms with Crippen LogP contribution in [0.25, 0.3) is 0 Å². The SMILES string of the molecule is O=C(C[C@H]1Sc2ccccc2NC1=O)NCc1ccc(CN2CCCCC2)cc1. The zero-order valence-corrected chi connectivity index (χ0v) is 17.3. The van der Waals surface area contributed by atoms with E-state index in [1.165, 1.54) is 49.7 Å². The molecule has 0 saturated carbocycles. The Morgan fingerprint density at radius 2 is 1.76 bits per heavy atom. The highest BCUT2D eigenvalue weighted by molar-refractivity contribution is 8.01. The van der Waals surface area contributed by atoms with Crippen LogP contribution >= 0.6 is 11.8 Å². The van der Waals surface area contributed by atoms with Gasteiger partial charge < -0.3 is 10.6 Å². The Morgan fingerprint density at radius 1 is 1.03 bits per heavy atom. The number of nitrogens with zero attached hydrogens (tertiary/aromatic N) is 1. The molecule has 0 bridgehead atoms. The van der Waals surface area contributed by atoms with Crippen molar-refractivity contribution < 1.29 is 9.59 Å². The quantitative estimate of drug-likeness (QED) is 0.762. The predicted molar refractivity (Wildman–Crippen MR) is 117 cm³/mol. The summed E-state index contributed by atoms with van der Waals surface area (Å²) in [5.74, 6) is -0.208. The van der Waals surface area contributed by atoms with E-state index in [0.29, 0.717) is 6.54 Å². The van der Waals surface area contributed by atoms with Crippen molar-refractivity contribution in [3.8, 4) is 0 Å². The van der Waals surface area contributed by atoms with Gasteiger partial charge in [0.2, 0.25) is 11.8 Å². The summed E-state index contributed by atoms with van der Waals surface area (Å²) in [7, 11) is 0. The second-order valence-corrected chi connectivity index (χ2v) is 8.97. The number of nitrogens with one attached hydrogen (secondary N) is 2. The van der Waals surface area contributed by atoms with Crippen LogP contribution in [0.3, 0.4) is 0 Å². The average Bonchev–Trinajstić information content (AvgIpc) is 2.74. The number of rotatable bonds is 6. The molecule has 4 rings (SSSR count). The number of amides is 2. The van der Waals surface area contributed by atoms with E-state index in [2.05, 4.69) is 39.8 Å². The van der Waals surface area contributed by atoms with Crippen LogP contribution in [0.4, 0.5) is 5.69 Å². The smallest absolute Gasteiger partial charge is 0.238 e. The highest BCUT2D eigenvalue weighted by Crippen LogP contribution is 2.36. The monoisotopic (exact) mass is 409 g/mol. The van der Waals surface area contributed by atoms with Crippen molar-refractivity contribution in [1.82, 2.24) is 10.2 Å². The molecule has 29 heavy (non-hydrogen) atoms. The predicted octanol–water partition coefficient (Wildman–Crippen LogP) is 3.79. The maximum atomic E-state index is 12.4. The number of benzene rings is 2. The van der Waals surface area contributed by atoms with Crippen LogP contribution in [-0.2, 0) is 22.7 Å². The summed E-state index contributed by atoms with van der Waals surface area (Å²) in [5, 5.41) is 5.44. The standard InChI is InChI=1S/C23H27N3O2S/c27-22(14-21-23(28)25-19-6-2-3-7-20(19)29-21)24-15-17-8-10-18(11-9-17)16-26-12-4-1-5-13-26/h2-3,6-11,21H,1,4-5,12-16H2,(H,24,27)(H,25,28)/t21-/m1/s1. The third-order valence-corrected chi connectivity index (χ3v) is 6.72. The Morgan fingerprint density at radius 3 is 2.55 bits per heavy atom. The van der Waals surface area contributed by atoms with Gasteiger partial charge in [0.05, 0.1) is 10.9 Å². The second-order valence-electron chi connectivity index (χ2n) is 7.73. The van der Waals surface area contributed by atoms with E-state index in [-0.39, 0.29) is 18.2 Å². The molecule has 2 amide bonds. The van der Waals surface area contributed by atoms with Crippen molar-refractivity contribution >= 4 is 29.3 Å². The number of carbonyl (C=O) groups excluding carboxylic acids is 2. The maximum absolute atomic E-state index is 12.4. The van der Waals surface area contributed by atoms with E-state index in [1.54, 1.807) is 0 Å². The molecular weight excluding hydrogens is 382 g/mol. The van der Waals surface area contributed by atoms with Crippen molar-refractivity contribution in [1.29, 1.82) is 0 Å². The summed E-state index contributed by atoms with van der Waals surface area (Å²) in [6.07, 6.45) is 4.13. The van der Waals surface area contributed by atoms with Gasteiger partial charge in [-0.3, -0.25) is 14.5 Å². The van der Waals surface area contributed by atoms with E-state index >= 15 is 0 Å². The van der Waals surface area contributed by atoms with E-state index < -0.39 is 5.25 Å². The van der Waals surface area contributed by atoms with Crippen molar-refractivity contribution in [3.63, 3.8) is 0 Å². The summed E-state index contributed by atoms with van der Waals surface area (Å²) >= 11 is 1.46. The third kappa shape index (κ3) is 5.40. The highest BCUT2D eigenvalue weighted by Gasteiger charge is 2.28. The van der Waals surface area contributed by atoms with E-state index in [1.807, 2.05) is 24.3 Å². The highest BCUT2D eigenvalue weighted by atomic mass is 32.2. The molecule has 1 atom stereocenters. The van der Waals surface area contributed by atoms with Crippen LogP contribution in [0.15, 0.2) is 53.4 Å². The molecule has 2 aliphatic heterocycles. The second kappa shape index (κ2) is 9.46. The number of hydrogen-bond donors (Lipinski definition) is 2. The number of para-hydroxylation sites is 1. The van der Waals surface area contributed by atoms with Crippen molar-refractivity contribution in [2.45, 2.75) is 48.9 Å². The first kappa shape index (κ1) is 20.0. The molecule has 2 heterocycles. The fourth-order valence-corrected chi connectivity index (χ4v) is 4.92. The lowest BCUT2D eigenvalue weighted by Gasteiger charge is -2.26. The Bertz CT molecular complexity index is 863. The van der Waals surface area contributed by atoms with E-state index in [4.69, 9.17) is 0 Å². The number of likely N-dealkylation sites (tertiary alicyclic amines) is 1. The van der Waals surface area contributed by atoms with Crippen molar-refractivity contribution in [3.05, 3.63) is 59.7 Å². The van der Waals surface area contributed by atoms with Gasteiger partial charge in [-0.25, -0.2) is 0 Å². The van der Waals surface area contributed by atoms with Gasteiger partial charge in [-0.1, -0.05) is 42.8 Å². The minimum absolute atomic E-state index is 0.102. The van der Waals surface area contributed by atoms with Gasteiger partial charge >= 0.3 is 0 Å². The molecular formula is C23H27N3O2S.